The number of nitrogens with one attached hydrogen (secondary N) is 2. The minimum atomic E-state index is -3.52. The van der Waals surface area contributed by atoms with E-state index in [1.54, 1.807) is 35.7 Å². The van der Waals surface area contributed by atoms with E-state index in [0.717, 1.165) is 0 Å². The molecular formula is C20H15N3O5S2. The number of rotatable bonds is 6. The van der Waals surface area contributed by atoms with Crippen LogP contribution in [0, 0.1) is 0 Å². The van der Waals surface area contributed by atoms with Crippen LogP contribution in [-0.4, -0.2) is 35.3 Å². The molecule has 0 saturated carbocycles. The van der Waals surface area contributed by atoms with Gasteiger partial charge in [-0.2, -0.15) is 0 Å². The van der Waals surface area contributed by atoms with Crippen molar-refractivity contribution in [3.8, 4) is 11.3 Å². The van der Waals surface area contributed by atoms with Crippen molar-refractivity contribution in [3.63, 3.8) is 0 Å². The molecule has 4 rings (SSSR count). The Labute approximate surface area is 174 Å². The predicted octanol–water partition coefficient (Wildman–Crippen LogP) is 3.19. The number of benzene rings is 2. The second-order valence-electron chi connectivity index (χ2n) is 6.41. The van der Waals surface area contributed by atoms with Gasteiger partial charge in [-0.05, 0) is 35.7 Å². The summed E-state index contributed by atoms with van der Waals surface area (Å²) in [5.41, 5.74) is 0.765. The number of H-pyrrole nitrogens is 1. The van der Waals surface area contributed by atoms with Crippen LogP contribution in [0.2, 0.25) is 0 Å². The molecule has 0 amide bonds. The summed E-state index contributed by atoms with van der Waals surface area (Å²) in [6.07, 6.45) is 0. The molecule has 0 fully saturated rings. The first-order chi connectivity index (χ1) is 14.3. The minimum absolute atomic E-state index is 0.0747. The van der Waals surface area contributed by atoms with Crippen molar-refractivity contribution in [2.24, 2.45) is 0 Å². The smallest absolute Gasteiger partial charge is 0.335 e. The van der Waals surface area contributed by atoms with Crippen molar-refractivity contribution >= 4 is 43.2 Å². The number of aromatic nitrogens is 2. The molecule has 2 aromatic carbocycles. The monoisotopic (exact) mass is 441 g/mol. The lowest BCUT2D eigenvalue weighted by molar-refractivity contribution is 0.0697. The van der Waals surface area contributed by atoms with Crippen molar-refractivity contribution in [1.29, 1.82) is 0 Å². The largest absolute Gasteiger partial charge is 0.478 e. The molecule has 0 unspecified atom stereocenters. The molecule has 10 heteroatoms. The van der Waals surface area contributed by atoms with Crippen molar-refractivity contribution in [2.45, 2.75) is 4.90 Å². The first kappa shape index (κ1) is 19.8. The summed E-state index contributed by atoms with van der Waals surface area (Å²) in [5, 5.41) is 14.5. The number of nitrogens with zero attached hydrogens (tertiary/aromatic N) is 1. The lowest BCUT2D eigenvalue weighted by Crippen LogP contribution is -2.14. The molecule has 0 atom stereocenters. The number of pyridine rings is 1. The fourth-order valence-electron chi connectivity index (χ4n) is 2.87. The average Bonchev–Trinajstić information content (AvgIpc) is 3.21. The average molecular weight is 441 g/mol. The molecule has 152 valence electrons. The molecule has 2 aromatic heterocycles. The molecule has 0 aliphatic heterocycles. The van der Waals surface area contributed by atoms with Crippen LogP contribution in [0.25, 0.3) is 22.2 Å². The molecule has 3 N–H and O–H groups in total. The summed E-state index contributed by atoms with van der Waals surface area (Å²) < 4.78 is 24.8. The SMILES string of the molecule is O=C(O)c1ccc2cc(-c3csc(NCS(=O)(=O)c4ccccc4)n3)c(=O)[nH]c2c1. The minimum Gasteiger partial charge on any atom is -0.478 e. The Kier molecular flexibility index (Phi) is 5.10. The molecule has 0 spiro atoms. The number of thiazole rings is 1. The maximum absolute atomic E-state index is 12.5. The Morgan fingerprint density at radius 1 is 1.13 bits per heavy atom. The van der Waals surface area contributed by atoms with Crippen LogP contribution in [0.1, 0.15) is 10.4 Å². The van der Waals surface area contributed by atoms with Gasteiger partial charge in [0.1, 0.15) is 5.88 Å². The lowest BCUT2D eigenvalue weighted by atomic mass is 10.1. The molecule has 2 heterocycles. The zero-order valence-electron chi connectivity index (χ0n) is 15.3. The highest BCUT2D eigenvalue weighted by molar-refractivity contribution is 7.91. The number of hydrogen-bond acceptors (Lipinski definition) is 7. The molecule has 0 radical (unpaired) electrons. The van der Waals surface area contributed by atoms with Gasteiger partial charge in [0, 0.05) is 10.9 Å². The van der Waals surface area contributed by atoms with Gasteiger partial charge in [-0.3, -0.25) is 4.79 Å². The van der Waals surface area contributed by atoms with Gasteiger partial charge < -0.3 is 15.4 Å². The molecular weight excluding hydrogens is 426 g/mol. The Balaban J connectivity index is 1.58. The highest BCUT2D eigenvalue weighted by Gasteiger charge is 2.16. The zero-order valence-corrected chi connectivity index (χ0v) is 17.0. The first-order valence-electron chi connectivity index (χ1n) is 8.71. The third-order valence-corrected chi connectivity index (χ3v) is 6.70. The Morgan fingerprint density at radius 3 is 2.63 bits per heavy atom. The molecule has 0 aliphatic rings. The predicted molar refractivity (Wildman–Crippen MR) is 115 cm³/mol. The molecule has 8 nitrogen and oxygen atoms in total. The highest BCUT2D eigenvalue weighted by Crippen LogP contribution is 2.25. The van der Waals surface area contributed by atoms with Gasteiger partial charge in [0.15, 0.2) is 15.0 Å². The number of sulfone groups is 1. The summed E-state index contributed by atoms with van der Waals surface area (Å²) in [6, 6.07) is 14.2. The molecule has 4 aromatic rings. The van der Waals surface area contributed by atoms with Crippen LogP contribution in [0.3, 0.4) is 0 Å². The number of carboxylic acid groups (broad SMARTS) is 1. The summed E-state index contributed by atoms with van der Waals surface area (Å²) in [7, 11) is -3.52. The van der Waals surface area contributed by atoms with Crippen LogP contribution in [0.5, 0.6) is 0 Å². The van der Waals surface area contributed by atoms with Crippen LogP contribution < -0.4 is 10.9 Å². The van der Waals surface area contributed by atoms with E-state index in [9.17, 15) is 18.0 Å². The van der Waals surface area contributed by atoms with Crippen LogP contribution in [0.4, 0.5) is 5.13 Å². The maximum atomic E-state index is 12.5. The maximum Gasteiger partial charge on any atom is 0.335 e. The van der Waals surface area contributed by atoms with Gasteiger partial charge in [0.2, 0.25) is 0 Å². The van der Waals surface area contributed by atoms with E-state index >= 15 is 0 Å². The van der Waals surface area contributed by atoms with Gasteiger partial charge >= 0.3 is 5.97 Å². The Bertz CT molecular complexity index is 1410. The topological polar surface area (TPSA) is 129 Å². The molecule has 0 bridgehead atoms. The van der Waals surface area contributed by atoms with Crippen molar-refractivity contribution in [3.05, 3.63) is 75.9 Å². The number of aromatic carboxylic acids is 1. The second kappa shape index (κ2) is 7.73. The van der Waals surface area contributed by atoms with Crippen LogP contribution in [0.15, 0.2) is 69.7 Å². The normalized spacial score (nSPS) is 11.5. The number of anilines is 1. The van der Waals surface area contributed by atoms with E-state index < -0.39 is 21.4 Å². The number of carbonyl (C=O) groups is 1. The fourth-order valence-corrected chi connectivity index (χ4v) is 4.74. The Morgan fingerprint density at radius 2 is 1.90 bits per heavy atom. The standard InChI is InChI=1S/C20H15N3O5S2/c24-18-15(8-12-6-7-13(19(25)26)9-16(12)22-18)17-10-29-20(23-17)21-11-30(27,28)14-4-2-1-3-5-14/h1-10H,11H2,(H,21,23)(H,22,24)(H,25,26). The summed E-state index contributed by atoms with van der Waals surface area (Å²) in [4.78, 5) is 30.8. The van der Waals surface area contributed by atoms with Gasteiger partial charge in [-0.1, -0.05) is 24.3 Å². The number of aromatic amines is 1. The van der Waals surface area contributed by atoms with Crippen LogP contribution >= 0.6 is 11.3 Å². The summed E-state index contributed by atoms with van der Waals surface area (Å²) in [5.74, 6) is -1.40. The van der Waals surface area contributed by atoms with E-state index in [0.29, 0.717) is 27.3 Å². The zero-order chi connectivity index (χ0) is 21.3. The van der Waals surface area contributed by atoms with Crippen molar-refractivity contribution < 1.29 is 18.3 Å². The second-order valence-corrected chi connectivity index (χ2v) is 9.25. The van der Waals surface area contributed by atoms with Crippen molar-refractivity contribution in [2.75, 3.05) is 11.2 Å². The van der Waals surface area contributed by atoms with E-state index in [4.69, 9.17) is 5.11 Å². The Hall–Kier alpha value is -3.50. The number of fused-ring (bicyclic) bond motifs is 1. The molecule has 30 heavy (non-hydrogen) atoms. The van der Waals surface area contributed by atoms with Gasteiger partial charge in [-0.15, -0.1) is 11.3 Å². The quantitative estimate of drug-likeness (QED) is 0.419. The van der Waals surface area contributed by atoms with Gasteiger partial charge in [0.25, 0.3) is 5.56 Å². The summed E-state index contributed by atoms with van der Waals surface area (Å²) in [6.45, 7) is 0. The molecule has 0 saturated heterocycles. The third kappa shape index (κ3) is 3.95. The van der Waals surface area contributed by atoms with E-state index in [1.165, 1.54) is 35.6 Å². The van der Waals surface area contributed by atoms with Gasteiger partial charge in [-0.25, -0.2) is 18.2 Å². The van der Waals surface area contributed by atoms with Crippen molar-refractivity contribution in [1.82, 2.24) is 9.97 Å². The third-order valence-electron chi connectivity index (χ3n) is 4.39. The first-order valence-corrected chi connectivity index (χ1v) is 11.2. The highest BCUT2D eigenvalue weighted by atomic mass is 32.2. The van der Waals surface area contributed by atoms with E-state index in [2.05, 4.69) is 15.3 Å². The lowest BCUT2D eigenvalue weighted by Gasteiger charge is -2.05. The van der Waals surface area contributed by atoms with E-state index in [1.807, 2.05) is 0 Å². The summed E-state index contributed by atoms with van der Waals surface area (Å²) >= 11 is 1.18. The van der Waals surface area contributed by atoms with E-state index in [-0.39, 0.29) is 16.3 Å². The number of hydrogen-bond donors (Lipinski definition) is 3. The fraction of sp³-hybridized carbons (Fsp3) is 0.0500. The van der Waals surface area contributed by atoms with Crippen LogP contribution in [-0.2, 0) is 9.84 Å². The number of carboxylic acids is 1. The molecule has 0 aliphatic carbocycles. The van der Waals surface area contributed by atoms with Gasteiger partial charge in [0.05, 0.1) is 21.7 Å².